The van der Waals surface area contributed by atoms with Crippen LogP contribution < -0.4 is 15.1 Å². The van der Waals surface area contributed by atoms with Gasteiger partial charge in [0.25, 0.3) is 0 Å². The number of nitrogens with zero attached hydrogens (tertiary/aromatic N) is 5. The van der Waals surface area contributed by atoms with Crippen molar-refractivity contribution < 1.29 is 29.9 Å². The second-order valence-corrected chi connectivity index (χ2v) is 3.85. The molecule has 5 N–H and O–H groups in total. The molecule has 0 unspecified atom stereocenters. The molecule has 0 amide bonds. The fourth-order valence-corrected chi connectivity index (χ4v) is 1.36. The average molecular weight is 320 g/mol. The summed E-state index contributed by atoms with van der Waals surface area (Å²) in [6.07, 6.45) is -0.850. The number of anilines is 3. The molecule has 12 nitrogen and oxygen atoms in total. The summed E-state index contributed by atoms with van der Waals surface area (Å²) in [5.74, 6) is -0.154. The normalized spacial score (nSPS) is 10.9. The number of aliphatic hydroxyl groups is 4. The molecule has 1 heterocycles. The molecule has 0 atom stereocenters. The quantitative estimate of drug-likeness (QED) is 0.284. The Hall–Kier alpha value is -1.83. The molecule has 1 rings (SSSR count). The molecular formula is C10H20N6O6. The molecule has 0 fully saturated rings. The van der Waals surface area contributed by atoms with Gasteiger partial charge in [-0.25, -0.2) is 0 Å². The van der Waals surface area contributed by atoms with Crippen LogP contribution in [-0.4, -0.2) is 82.9 Å². The van der Waals surface area contributed by atoms with Crippen LogP contribution in [0.1, 0.15) is 0 Å². The van der Waals surface area contributed by atoms with Gasteiger partial charge < -0.3 is 35.2 Å². The molecule has 0 aliphatic carbocycles. The maximum Gasteiger partial charge on any atom is 0.239 e. The maximum atomic E-state index is 9.17. The summed E-state index contributed by atoms with van der Waals surface area (Å²) in [4.78, 5) is 14.0. The second-order valence-electron chi connectivity index (χ2n) is 3.85. The third-order valence-corrected chi connectivity index (χ3v) is 2.54. The Bertz CT molecular complexity index is 410. The highest BCUT2D eigenvalue weighted by Gasteiger charge is 2.17. The van der Waals surface area contributed by atoms with Gasteiger partial charge >= 0.3 is 0 Å². The predicted molar refractivity (Wildman–Crippen MR) is 74.6 cm³/mol. The van der Waals surface area contributed by atoms with Gasteiger partial charge in [-0.15, -0.1) is 0 Å². The van der Waals surface area contributed by atoms with E-state index < -0.39 is 33.3 Å². The summed E-state index contributed by atoms with van der Waals surface area (Å²) in [5, 5.41) is 39.4. The monoisotopic (exact) mass is 320 g/mol. The van der Waals surface area contributed by atoms with E-state index in [9.17, 15) is 20.4 Å². The SMILES string of the molecule is COC(Nc1nc(N(CO)CO)nc(N(CO)CO)n1)OC. The van der Waals surface area contributed by atoms with Crippen LogP contribution in [-0.2, 0) is 9.47 Å². The third-order valence-electron chi connectivity index (χ3n) is 2.54. The first-order chi connectivity index (χ1) is 10.6. The van der Waals surface area contributed by atoms with E-state index in [1.54, 1.807) is 0 Å². The van der Waals surface area contributed by atoms with Crippen LogP contribution in [0.4, 0.5) is 17.8 Å². The molecule has 0 spiro atoms. The van der Waals surface area contributed by atoms with Crippen LogP contribution in [0.2, 0.25) is 0 Å². The molecule has 0 radical (unpaired) electrons. The lowest BCUT2D eigenvalue weighted by atomic mass is 10.7. The first kappa shape index (κ1) is 18.2. The second kappa shape index (κ2) is 9.24. The molecule has 12 heteroatoms. The summed E-state index contributed by atoms with van der Waals surface area (Å²) in [5.41, 5.74) is 0. The van der Waals surface area contributed by atoms with Crippen LogP contribution in [0.15, 0.2) is 0 Å². The summed E-state index contributed by atoms with van der Waals surface area (Å²) in [6, 6.07) is 0. The van der Waals surface area contributed by atoms with Gasteiger partial charge in [-0.2, -0.15) is 15.0 Å². The van der Waals surface area contributed by atoms with Crippen LogP contribution >= 0.6 is 0 Å². The first-order valence-corrected chi connectivity index (χ1v) is 6.15. The predicted octanol–water partition coefficient (Wildman–Crippen LogP) is -2.73. The van der Waals surface area contributed by atoms with E-state index in [1.165, 1.54) is 14.2 Å². The molecule has 0 bridgehead atoms. The van der Waals surface area contributed by atoms with Crippen molar-refractivity contribution in [1.29, 1.82) is 0 Å². The van der Waals surface area contributed by atoms with E-state index in [1.807, 2.05) is 0 Å². The summed E-state index contributed by atoms with van der Waals surface area (Å²) in [7, 11) is 2.79. The van der Waals surface area contributed by atoms with Crippen molar-refractivity contribution in [2.24, 2.45) is 0 Å². The highest BCUT2D eigenvalue weighted by molar-refractivity contribution is 5.44. The standard InChI is InChI=1S/C10H20N6O6/c1-21-10(22-2)13-7-11-8(15(3-17)4-18)14-9(12-7)16(5-19)6-20/h10,17-20H,3-6H2,1-2H3,(H,11,12,13,14). The largest absolute Gasteiger partial charge is 0.376 e. The number of rotatable bonds is 10. The minimum Gasteiger partial charge on any atom is -0.376 e. The molecule has 0 aliphatic heterocycles. The van der Waals surface area contributed by atoms with Crippen molar-refractivity contribution in [3.63, 3.8) is 0 Å². The van der Waals surface area contributed by atoms with Gasteiger partial charge in [0.15, 0.2) is 0 Å². The molecule has 0 aliphatic rings. The molecule has 0 saturated carbocycles. The van der Waals surface area contributed by atoms with Crippen LogP contribution in [0, 0.1) is 0 Å². The van der Waals surface area contributed by atoms with Crippen molar-refractivity contribution in [3.05, 3.63) is 0 Å². The summed E-state index contributed by atoms with van der Waals surface area (Å²) < 4.78 is 9.90. The van der Waals surface area contributed by atoms with Gasteiger partial charge in [0.05, 0.1) is 0 Å². The number of hydrogen-bond acceptors (Lipinski definition) is 12. The van der Waals surface area contributed by atoms with Crippen LogP contribution in [0.5, 0.6) is 0 Å². The van der Waals surface area contributed by atoms with E-state index in [0.717, 1.165) is 9.80 Å². The number of ether oxygens (including phenoxy) is 2. The van der Waals surface area contributed by atoms with Gasteiger partial charge in [-0.05, 0) is 0 Å². The molecule has 22 heavy (non-hydrogen) atoms. The zero-order chi connectivity index (χ0) is 16.5. The minimum absolute atomic E-state index is 0.00694. The Morgan fingerprint density at radius 3 is 1.59 bits per heavy atom. The van der Waals surface area contributed by atoms with Crippen molar-refractivity contribution in [3.8, 4) is 0 Å². The van der Waals surface area contributed by atoms with Gasteiger partial charge in [0, 0.05) is 14.2 Å². The number of hydrogen-bond donors (Lipinski definition) is 5. The Morgan fingerprint density at radius 1 is 0.864 bits per heavy atom. The smallest absolute Gasteiger partial charge is 0.239 e. The third kappa shape index (κ3) is 4.59. The summed E-state index contributed by atoms with van der Waals surface area (Å²) in [6.45, 7) is -2.18. The topological polar surface area (TPSA) is 157 Å². The van der Waals surface area contributed by atoms with Gasteiger partial charge in [0.2, 0.25) is 24.3 Å². The van der Waals surface area contributed by atoms with Gasteiger partial charge in [0.1, 0.15) is 26.9 Å². The lowest BCUT2D eigenvalue weighted by Gasteiger charge is -2.22. The van der Waals surface area contributed by atoms with E-state index in [4.69, 9.17) is 9.47 Å². The average Bonchev–Trinajstić information content (AvgIpc) is 2.55. The van der Waals surface area contributed by atoms with E-state index >= 15 is 0 Å². The van der Waals surface area contributed by atoms with Gasteiger partial charge in [-0.1, -0.05) is 0 Å². The molecule has 1 aromatic heterocycles. The Labute approximate surface area is 126 Å². The molecule has 0 aromatic carbocycles. The maximum absolute atomic E-state index is 9.17. The number of aliphatic hydroxyl groups excluding tert-OH is 4. The first-order valence-electron chi connectivity index (χ1n) is 6.15. The van der Waals surface area contributed by atoms with E-state index in [0.29, 0.717) is 0 Å². The highest BCUT2D eigenvalue weighted by atomic mass is 16.7. The summed E-state index contributed by atoms with van der Waals surface area (Å²) >= 11 is 0. The molecule has 126 valence electrons. The molecular weight excluding hydrogens is 300 g/mol. The number of aromatic nitrogens is 3. The molecule has 0 saturated heterocycles. The van der Waals surface area contributed by atoms with Crippen LogP contribution in [0.25, 0.3) is 0 Å². The van der Waals surface area contributed by atoms with E-state index in [-0.39, 0.29) is 17.8 Å². The lowest BCUT2D eigenvalue weighted by molar-refractivity contribution is -0.0813. The Balaban J connectivity index is 3.19. The van der Waals surface area contributed by atoms with Crippen LogP contribution in [0.3, 0.4) is 0 Å². The lowest BCUT2D eigenvalue weighted by Crippen LogP contribution is -2.32. The fraction of sp³-hybridized carbons (Fsp3) is 0.700. The van der Waals surface area contributed by atoms with Crippen molar-refractivity contribution in [2.75, 3.05) is 56.3 Å². The zero-order valence-corrected chi connectivity index (χ0v) is 12.2. The minimum atomic E-state index is -0.850. The van der Waals surface area contributed by atoms with Crippen molar-refractivity contribution >= 4 is 17.8 Å². The number of nitrogens with one attached hydrogen (secondary N) is 1. The van der Waals surface area contributed by atoms with E-state index in [2.05, 4.69) is 20.3 Å². The molecule has 1 aromatic rings. The van der Waals surface area contributed by atoms with Crippen molar-refractivity contribution in [1.82, 2.24) is 15.0 Å². The van der Waals surface area contributed by atoms with Gasteiger partial charge in [-0.3, -0.25) is 9.80 Å². The Morgan fingerprint density at radius 2 is 1.27 bits per heavy atom. The number of methoxy groups -OCH3 is 2. The van der Waals surface area contributed by atoms with Crippen molar-refractivity contribution in [2.45, 2.75) is 6.41 Å². The fourth-order valence-electron chi connectivity index (χ4n) is 1.36. The zero-order valence-electron chi connectivity index (χ0n) is 12.2. The highest BCUT2D eigenvalue weighted by Crippen LogP contribution is 2.16. The Kier molecular flexibility index (Phi) is 7.65.